The Hall–Kier alpha value is -4.88. The molecule has 0 radical (unpaired) electrons. The Morgan fingerprint density at radius 3 is 2.27 bits per heavy atom. The molecular formula is C43H53N7O6. The number of ether oxygens (including phenoxy) is 1. The highest BCUT2D eigenvalue weighted by molar-refractivity contribution is 6.00. The minimum absolute atomic E-state index is 0.0464. The number of piperidine rings is 4. The Labute approximate surface area is 328 Å². The first-order chi connectivity index (χ1) is 27.2. The van der Waals surface area contributed by atoms with Gasteiger partial charge < -0.3 is 24.5 Å². The number of hydrogen-bond acceptors (Lipinski definition) is 10. The van der Waals surface area contributed by atoms with Gasteiger partial charge in [0.2, 0.25) is 17.7 Å². The third-order valence-corrected chi connectivity index (χ3v) is 12.7. The van der Waals surface area contributed by atoms with Gasteiger partial charge in [0, 0.05) is 64.1 Å². The summed E-state index contributed by atoms with van der Waals surface area (Å²) in [5.74, 6) is 0.0914. The van der Waals surface area contributed by atoms with Gasteiger partial charge in [0.05, 0.1) is 36.1 Å². The number of phenolic OH excluding ortho intramolecular Hbond substituents is 1. The summed E-state index contributed by atoms with van der Waals surface area (Å²) in [6.45, 7) is 4.67. The van der Waals surface area contributed by atoms with Crippen LogP contribution in [0.4, 0.5) is 5.69 Å². The van der Waals surface area contributed by atoms with Gasteiger partial charge in [0.25, 0.3) is 5.91 Å². The van der Waals surface area contributed by atoms with Crippen molar-refractivity contribution in [3.05, 3.63) is 71.9 Å². The van der Waals surface area contributed by atoms with Crippen LogP contribution in [0.2, 0.25) is 0 Å². The number of amides is 4. The molecule has 296 valence electrons. The Bertz CT molecular complexity index is 1910. The molecule has 13 heteroatoms. The van der Waals surface area contributed by atoms with Crippen molar-refractivity contribution in [2.24, 2.45) is 0 Å². The van der Waals surface area contributed by atoms with Crippen LogP contribution in [-0.2, 0) is 23.9 Å². The quantitative estimate of drug-likeness (QED) is 0.288. The molecule has 8 rings (SSSR count). The number of likely N-dealkylation sites (N-methyl/N-ethyl adjacent to an activating group) is 1. The molecule has 3 aromatic rings. The van der Waals surface area contributed by atoms with Gasteiger partial charge in [-0.15, -0.1) is 0 Å². The number of para-hydroxylation sites is 1. The van der Waals surface area contributed by atoms with Gasteiger partial charge in [-0.3, -0.25) is 29.4 Å². The first-order valence-electron chi connectivity index (χ1n) is 20.4. The first-order valence-corrected chi connectivity index (χ1v) is 20.4. The molecule has 2 aromatic carbocycles. The van der Waals surface area contributed by atoms with Crippen molar-refractivity contribution in [1.29, 1.82) is 0 Å². The Kier molecular flexibility index (Phi) is 11.1. The van der Waals surface area contributed by atoms with Crippen molar-refractivity contribution in [2.75, 3.05) is 57.8 Å². The van der Waals surface area contributed by atoms with Crippen LogP contribution in [0.3, 0.4) is 0 Å². The number of carbonyl (C=O) groups excluding carboxylic acids is 4. The standard InChI is InChI=1S/C43H53N7O6/c1-47(42(55)43(56-34-10-11-34)18-24-49(25-19-43)33-26-37(46-44-27-33)36-4-2-3-5-38(36)51)32-16-22-50(23-17-32)40(53)28-48-20-14-30(15-21-48)29-6-8-31(9-7-29)35-12-13-39(52)45-41(35)54/h2-9,26-27,30,32,34-35,51H,10-25,28H2,1H3,(H,45,52,54)/t35-/m1/s1. The van der Waals surface area contributed by atoms with E-state index in [1.54, 1.807) is 18.3 Å². The number of imide groups is 1. The van der Waals surface area contributed by atoms with Crippen molar-refractivity contribution < 1.29 is 29.0 Å². The Morgan fingerprint density at radius 2 is 1.59 bits per heavy atom. The summed E-state index contributed by atoms with van der Waals surface area (Å²) < 4.78 is 6.60. The summed E-state index contributed by atoms with van der Waals surface area (Å²) >= 11 is 0. The van der Waals surface area contributed by atoms with E-state index in [1.165, 1.54) is 5.56 Å². The maximum absolute atomic E-state index is 14.3. The summed E-state index contributed by atoms with van der Waals surface area (Å²) in [6, 6.07) is 17.4. The topological polar surface area (TPSA) is 149 Å². The van der Waals surface area contributed by atoms with Gasteiger partial charge >= 0.3 is 0 Å². The maximum Gasteiger partial charge on any atom is 0.254 e. The van der Waals surface area contributed by atoms with Crippen molar-refractivity contribution >= 4 is 29.3 Å². The number of hydrogen-bond donors (Lipinski definition) is 2. The normalized spacial score (nSPS) is 22.5. The molecule has 56 heavy (non-hydrogen) atoms. The van der Waals surface area contributed by atoms with Crippen LogP contribution in [0.15, 0.2) is 60.8 Å². The van der Waals surface area contributed by atoms with Crippen LogP contribution in [0.1, 0.15) is 87.2 Å². The molecule has 0 bridgehead atoms. The molecule has 4 aliphatic heterocycles. The fourth-order valence-electron chi connectivity index (χ4n) is 9.08. The second-order valence-electron chi connectivity index (χ2n) is 16.4. The minimum atomic E-state index is -0.873. The molecule has 4 saturated heterocycles. The summed E-state index contributed by atoms with van der Waals surface area (Å²) in [7, 11) is 1.91. The zero-order chi connectivity index (χ0) is 38.8. The van der Waals surface area contributed by atoms with E-state index in [4.69, 9.17) is 4.74 Å². The number of benzene rings is 2. The molecule has 1 aliphatic carbocycles. The SMILES string of the molecule is CN(C(=O)C1(OC2CC2)CCN(c2cnnc(-c3ccccc3O)c2)CC1)C1CCN(C(=O)CN2CCC(c3ccc([C@H]4CCC(=O)NC4=O)cc3)CC2)CC1. The highest BCUT2D eigenvalue weighted by Crippen LogP contribution is 2.39. The highest BCUT2D eigenvalue weighted by Gasteiger charge is 2.49. The van der Waals surface area contributed by atoms with E-state index in [2.05, 4.69) is 37.4 Å². The van der Waals surface area contributed by atoms with Gasteiger partial charge in [-0.05, 0) is 93.3 Å². The monoisotopic (exact) mass is 763 g/mol. The number of aromatic nitrogens is 2. The lowest BCUT2D eigenvalue weighted by atomic mass is 9.86. The van der Waals surface area contributed by atoms with Crippen molar-refractivity contribution in [2.45, 2.75) is 93.8 Å². The summed E-state index contributed by atoms with van der Waals surface area (Å²) in [5.41, 5.74) is 3.47. The molecule has 5 heterocycles. The number of aromatic hydroxyl groups is 1. The van der Waals surface area contributed by atoms with Gasteiger partial charge in [0.15, 0.2) is 5.60 Å². The number of rotatable bonds is 10. The van der Waals surface area contributed by atoms with Crippen LogP contribution in [0.25, 0.3) is 11.3 Å². The summed E-state index contributed by atoms with van der Waals surface area (Å²) in [6.07, 6.45) is 9.34. The van der Waals surface area contributed by atoms with Crippen LogP contribution in [0.5, 0.6) is 5.75 Å². The average Bonchev–Trinajstić information content (AvgIpc) is 4.05. The first kappa shape index (κ1) is 38.0. The summed E-state index contributed by atoms with van der Waals surface area (Å²) in [4.78, 5) is 60.0. The molecule has 1 saturated carbocycles. The van der Waals surface area contributed by atoms with Crippen LogP contribution < -0.4 is 10.2 Å². The fraction of sp³-hybridized carbons (Fsp3) is 0.535. The second kappa shape index (κ2) is 16.3. The second-order valence-corrected chi connectivity index (χ2v) is 16.4. The largest absolute Gasteiger partial charge is 0.507 e. The third kappa shape index (κ3) is 8.29. The van der Waals surface area contributed by atoms with E-state index >= 15 is 0 Å². The van der Waals surface area contributed by atoms with Crippen LogP contribution in [0, 0.1) is 0 Å². The molecule has 4 amide bonds. The molecule has 0 unspecified atom stereocenters. The third-order valence-electron chi connectivity index (χ3n) is 12.7. The van der Waals surface area contributed by atoms with Gasteiger partial charge in [-0.25, -0.2) is 0 Å². The lowest BCUT2D eigenvalue weighted by Crippen LogP contribution is -2.59. The average molecular weight is 764 g/mol. The van der Waals surface area contributed by atoms with E-state index in [0.29, 0.717) is 75.6 Å². The number of anilines is 1. The zero-order valence-corrected chi connectivity index (χ0v) is 32.3. The Morgan fingerprint density at radius 1 is 0.893 bits per heavy atom. The predicted octanol–water partition coefficient (Wildman–Crippen LogP) is 4.22. The number of phenols is 1. The van der Waals surface area contributed by atoms with Gasteiger partial charge in [-0.1, -0.05) is 36.4 Å². The zero-order valence-electron chi connectivity index (χ0n) is 32.3. The molecule has 0 spiro atoms. The minimum Gasteiger partial charge on any atom is -0.507 e. The van der Waals surface area contributed by atoms with Crippen molar-refractivity contribution in [3.8, 4) is 17.0 Å². The van der Waals surface area contributed by atoms with Gasteiger partial charge in [-0.2, -0.15) is 10.2 Å². The predicted molar refractivity (Wildman–Crippen MR) is 210 cm³/mol. The highest BCUT2D eigenvalue weighted by atomic mass is 16.5. The number of nitrogens with zero attached hydrogens (tertiary/aromatic N) is 6. The van der Waals surface area contributed by atoms with Gasteiger partial charge in [0.1, 0.15) is 5.75 Å². The van der Waals surface area contributed by atoms with Crippen molar-refractivity contribution in [3.63, 3.8) is 0 Å². The van der Waals surface area contributed by atoms with E-state index < -0.39 is 5.60 Å². The lowest BCUT2D eigenvalue weighted by molar-refractivity contribution is -0.166. The molecule has 5 fully saturated rings. The number of nitrogens with one attached hydrogen (secondary N) is 1. The molecule has 1 aromatic heterocycles. The van der Waals surface area contributed by atoms with Crippen LogP contribution >= 0.6 is 0 Å². The van der Waals surface area contributed by atoms with E-state index in [-0.39, 0.29) is 47.4 Å². The van der Waals surface area contributed by atoms with E-state index in [0.717, 1.165) is 62.9 Å². The molecular weight excluding hydrogens is 711 g/mol. The number of likely N-dealkylation sites (tertiary alicyclic amines) is 2. The molecule has 13 nitrogen and oxygen atoms in total. The molecule has 5 aliphatic rings. The van der Waals surface area contributed by atoms with E-state index in [1.807, 2.05) is 47.2 Å². The molecule has 1 atom stereocenters. The van der Waals surface area contributed by atoms with E-state index in [9.17, 15) is 24.3 Å². The van der Waals surface area contributed by atoms with Crippen molar-refractivity contribution in [1.82, 2.24) is 30.2 Å². The Balaban J connectivity index is 0.804. The lowest BCUT2D eigenvalue weighted by Gasteiger charge is -2.45. The maximum atomic E-state index is 14.3. The van der Waals surface area contributed by atoms with Crippen LogP contribution in [-0.4, -0.2) is 124 Å². The smallest absolute Gasteiger partial charge is 0.254 e. The number of carbonyl (C=O) groups is 4. The fourth-order valence-corrected chi connectivity index (χ4v) is 9.08. The molecule has 2 N–H and O–H groups in total. The summed E-state index contributed by atoms with van der Waals surface area (Å²) in [5, 5.41) is 21.3.